The second-order valence-electron chi connectivity index (χ2n) is 8.71. The van der Waals surface area contributed by atoms with Crippen LogP contribution in [0.5, 0.6) is 5.75 Å². The van der Waals surface area contributed by atoms with E-state index < -0.39 is 0 Å². The zero-order chi connectivity index (χ0) is 20.9. The van der Waals surface area contributed by atoms with Crippen LogP contribution in [0, 0.1) is 0 Å². The molecule has 7 heteroatoms. The van der Waals surface area contributed by atoms with Crippen LogP contribution in [0.3, 0.4) is 0 Å². The molecular formula is C22H33N3O4. The van der Waals surface area contributed by atoms with Gasteiger partial charge in [0.2, 0.25) is 5.91 Å². The second-order valence-corrected chi connectivity index (χ2v) is 8.71. The van der Waals surface area contributed by atoms with Gasteiger partial charge in [0.1, 0.15) is 5.75 Å². The fourth-order valence-corrected chi connectivity index (χ4v) is 3.54. The molecule has 0 radical (unpaired) electrons. The van der Waals surface area contributed by atoms with Crippen LogP contribution in [0.2, 0.25) is 0 Å². The first-order valence-electron chi connectivity index (χ1n) is 10.4. The van der Waals surface area contributed by atoms with Gasteiger partial charge in [-0.25, -0.2) is 0 Å². The molecule has 29 heavy (non-hydrogen) atoms. The molecule has 2 fully saturated rings. The van der Waals surface area contributed by atoms with E-state index in [1.165, 1.54) is 5.56 Å². The van der Waals surface area contributed by atoms with Crippen molar-refractivity contribution in [1.82, 2.24) is 14.7 Å². The number of amides is 2. The molecule has 1 aromatic rings. The van der Waals surface area contributed by atoms with Crippen molar-refractivity contribution in [3.05, 3.63) is 29.8 Å². The van der Waals surface area contributed by atoms with Crippen LogP contribution in [0.4, 0.5) is 0 Å². The van der Waals surface area contributed by atoms with Gasteiger partial charge in [0.15, 0.2) is 6.61 Å². The molecule has 2 aliphatic rings. The highest BCUT2D eigenvalue weighted by Crippen LogP contribution is 2.24. The van der Waals surface area contributed by atoms with E-state index in [0.29, 0.717) is 51.7 Å². The van der Waals surface area contributed by atoms with E-state index in [1.807, 2.05) is 29.2 Å². The molecule has 2 amide bonds. The van der Waals surface area contributed by atoms with Gasteiger partial charge < -0.3 is 19.3 Å². The van der Waals surface area contributed by atoms with Crippen LogP contribution in [0.15, 0.2) is 24.3 Å². The number of hydrogen-bond donors (Lipinski definition) is 0. The van der Waals surface area contributed by atoms with Crippen LogP contribution in [0.1, 0.15) is 26.3 Å². The van der Waals surface area contributed by atoms with E-state index in [-0.39, 0.29) is 23.8 Å². The van der Waals surface area contributed by atoms with E-state index in [9.17, 15) is 9.59 Å². The first-order valence-corrected chi connectivity index (χ1v) is 10.4. The van der Waals surface area contributed by atoms with Gasteiger partial charge in [0.05, 0.1) is 19.8 Å². The summed E-state index contributed by atoms with van der Waals surface area (Å²) in [6, 6.07) is 7.91. The molecule has 3 rings (SSSR count). The maximum absolute atomic E-state index is 12.5. The molecule has 0 bridgehead atoms. The van der Waals surface area contributed by atoms with Gasteiger partial charge >= 0.3 is 0 Å². The lowest BCUT2D eigenvalue weighted by Gasteiger charge is -2.36. The standard InChI is InChI=1S/C22H33N3O4/c1-22(2,3)18-4-6-19(7-5-18)29-17-21(27)25-10-8-24(9-11-25)20(26)16-23-12-14-28-15-13-23/h4-7H,8-17H2,1-3H3. The Morgan fingerprint density at radius 3 is 2.00 bits per heavy atom. The zero-order valence-electron chi connectivity index (χ0n) is 17.9. The Hall–Kier alpha value is -2.12. The summed E-state index contributed by atoms with van der Waals surface area (Å²) < 4.78 is 11.0. The summed E-state index contributed by atoms with van der Waals surface area (Å²) in [4.78, 5) is 30.7. The molecule has 1 aromatic carbocycles. The predicted molar refractivity (Wildman–Crippen MR) is 111 cm³/mol. The Bertz CT molecular complexity index is 685. The highest BCUT2D eigenvalue weighted by molar-refractivity contribution is 5.80. The summed E-state index contributed by atoms with van der Waals surface area (Å²) >= 11 is 0. The lowest BCUT2D eigenvalue weighted by Crippen LogP contribution is -2.54. The third kappa shape index (κ3) is 6.18. The van der Waals surface area contributed by atoms with Crippen molar-refractivity contribution in [2.24, 2.45) is 0 Å². The highest BCUT2D eigenvalue weighted by Gasteiger charge is 2.26. The van der Waals surface area contributed by atoms with E-state index in [2.05, 4.69) is 25.7 Å². The molecule has 2 heterocycles. The minimum Gasteiger partial charge on any atom is -0.484 e. The van der Waals surface area contributed by atoms with Gasteiger partial charge in [-0.2, -0.15) is 0 Å². The van der Waals surface area contributed by atoms with E-state index in [4.69, 9.17) is 9.47 Å². The van der Waals surface area contributed by atoms with Crippen LogP contribution in [-0.4, -0.2) is 92.1 Å². The fourth-order valence-electron chi connectivity index (χ4n) is 3.54. The average Bonchev–Trinajstić information content (AvgIpc) is 2.72. The number of carbonyl (C=O) groups is 2. The molecule has 2 aliphatic heterocycles. The number of benzene rings is 1. The monoisotopic (exact) mass is 403 g/mol. The molecule has 2 saturated heterocycles. The normalized spacial score (nSPS) is 18.6. The lowest BCUT2D eigenvalue weighted by molar-refractivity contribution is -0.141. The smallest absolute Gasteiger partial charge is 0.260 e. The first kappa shape index (κ1) is 21.6. The van der Waals surface area contributed by atoms with Crippen LogP contribution >= 0.6 is 0 Å². The van der Waals surface area contributed by atoms with E-state index >= 15 is 0 Å². The number of carbonyl (C=O) groups excluding carboxylic acids is 2. The summed E-state index contributed by atoms with van der Waals surface area (Å²) in [6.45, 7) is 12.2. The molecule has 0 spiro atoms. The summed E-state index contributed by atoms with van der Waals surface area (Å²) in [6.07, 6.45) is 0. The molecule has 0 aromatic heterocycles. The Labute approximate surface area is 173 Å². The number of hydrogen-bond acceptors (Lipinski definition) is 5. The van der Waals surface area contributed by atoms with Crippen molar-refractivity contribution in [2.45, 2.75) is 26.2 Å². The summed E-state index contributed by atoms with van der Waals surface area (Å²) in [5.74, 6) is 0.796. The maximum atomic E-state index is 12.5. The first-order chi connectivity index (χ1) is 13.8. The molecule has 0 aliphatic carbocycles. The molecule has 7 nitrogen and oxygen atoms in total. The van der Waals surface area contributed by atoms with Gasteiger partial charge in [-0.15, -0.1) is 0 Å². The van der Waals surface area contributed by atoms with Crippen molar-refractivity contribution < 1.29 is 19.1 Å². The Balaban J connectivity index is 1.40. The van der Waals surface area contributed by atoms with Crippen LogP contribution < -0.4 is 4.74 Å². The van der Waals surface area contributed by atoms with Crippen molar-refractivity contribution in [3.8, 4) is 5.75 Å². The molecule has 0 saturated carbocycles. The van der Waals surface area contributed by atoms with Gasteiger partial charge in [-0.1, -0.05) is 32.9 Å². The maximum Gasteiger partial charge on any atom is 0.260 e. The number of rotatable bonds is 5. The van der Waals surface area contributed by atoms with Gasteiger partial charge in [0, 0.05) is 39.3 Å². The predicted octanol–water partition coefficient (Wildman–Crippen LogP) is 1.37. The second kappa shape index (κ2) is 9.59. The molecule has 0 N–H and O–H groups in total. The summed E-state index contributed by atoms with van der Waals surface area (Å²) in [7, 11) is 0. The summed E-state index contributed by atoms with van der Waals surface area (Å²) in [5, 5.41) is 0. The zero-order valence-corrected chi connectivity index (χ0v) is 17.9. The topological polar surface area (TPSA) is 62.3 Å². The molecular weight excluding hydrogens is 370 g/mol. The van der Waals surface area contributed by atoms with E-state index in [1.54, 1.807) is 4.90 Å². The van der Waals surface area contributed by atoms with Crippen molar-refractivity contribution in [1.29, 1.82) is 0 Å². The Morgan fingerprint density at radius 1 is 0.897 bits per heavy atom. The van der Waals surface area contributed by atoms with Gasteiger partial charge in [-0.3, -0.25) is 14.5 Å². The van der Waals surface area contributed by atoms with E-state index in [0.717, 1.165) is 13.1 Å². The minimum atomic E-state index is -0.0369. The number of ether oxygens (including phenoxy) is 2. The van der Waals surface area contributed by atoms with Crippen LogP contribution in [-0.2, 0) is 19.7 Å². The number of piperazine rings is 1. The van der Waals surface area contributed by atoms with Crippen molar-refractivity contribution >= 4 is 11.8 Å². The van der Waals surface area contributed by atoms with Crippen molar-refractivity contribution in [2.75, 3.05) is 65.6 Å². The van der Waals surface area contributed by atoms with Gasteiger partial charge in [-0.05, 0) is 23.1 Å². The molecule has 0 atom stereocenters. The third-order valence-electron chi connectivity index (χ3n) is 5.53. The Morgan fingerprint density at radius 2 is 1.45 bits per heavy atom. The minimum absolute atomic E-state index is 0.0244. The van der Waals surface area contributed by atoms with Gasteiger partial charge in [0.25, 0.3) is 5.91 Å². The largest absolute Gasteiger partial charge is 0.484 e. The average molecular weight is 404 g/mol. The third-order valence-corrected chi connectivity index (χ3v) is 5.53. The summed E-state index contributed by atoms with van der Waals surface area (Å²) in [5.41, 5.74) is 1.32. The molecule has 160 valence electrons. The van der Waals surface area contributed by atoms with Crippen molar-refractivity contribution in [3.63, 3.8) is 0 Å². The SMILES string of the molecule is CC(C)(C)c1ccc(OCC(=O)N2CCN(C(=O)CN3CCOCC3)CC2)cc1. The fraction of sp³-hybridized carbons (Fsp3) is 0.636. The number of nitrogens with zero attached hydrogens (tertiary/aromatic N) is 3. The number of morpholine rings is 1. The Kier molecular flexibility index (Phi) is 7.14. The quantitative estimate of drug-likeness (QED) is 0.743. The molecule has 0 unspecified atom stereocenters. The van der Waals surface area contributed by atoms with Crippen LogP contribution in [0.25, 0.3) is 0 Å². The lowest BCUT2D eigenvalue weighted by atomic mass is 9.87. The highest BCUT2D eigenvalue weighted by atomic mass is 16.5.